The van der Waals surface area contributed by atoms with Crippen molar-refractivity contribution in [3.8, 4) is 11.5 Å². The summed E-state index contributed by atoms with van der Waals surface area (Å²) >= 11 is 0. The molecule has 0 radical (unpaired) electrons. The molecule has 0 aliphatic carbocycles. The molecule has 5 heteroatoms. The van der Waals surface area contributed by atoms with Gasteiger partial charge in [0, 0.05) is 17.8 Å². The normalized spacial score (nSPS) is 10.5. The lowest BCUT2D eigenvalue weighted by Crippen LogP contribution is -2.31. The van der Waals surface area contributed by atoms with Gasteiger partial charge in [0.2, 0.25) is 0 Å². The Morgan fingerprint density at radius 3 is 2.42 bits per heavy atom. The summed E-state index contributed by atoms with van der Waals surface area (Å²) in [5, 5.41) is 0. The summed E-state index contributed by atoms with van der Waals surface area (Å²) in [6.45, 7) is 0.542. The molecule has 0 saturated heterocycles. The highest BCUT2D eigenvalue weighted by molar-refractivity contribution is 6.06. The molecule has 0 fully saturated rings. The number of carbonyl (C=O) groups excluding carboxylic acids is 2. The highest BCUT2D eigenvalue weighted by Gasteiger charge is 2.19. The van der Waals surface area contributed by atoms with Gasteiger partial charge in [-0.1, -0.05) is 24.3 Å². The number of anilines is 1. The third-order valence-corrected chi connectivity index (χ3v) is 3.91. The Balaban J connectivity index is 2.25. The summed E-state index contributed by atoms with van der Waals surface area (Å²) in [6.07, 6.45) is 5.50. The van der Waals surface area contributed by atoms with E-state index in [2.05, 4.69) is 0 Å². The van der Waals surface area contributed by atoms with Crippen molar-refractivity contribution in [2.75, 3.05) is 25.7 Å². The monoisotopic (exact) mass is 353 g/mol. The number of amides is 1. The lowest BCUT2D eigenvalue weighted by molar-refractivity contribution is -0.104. The van der Waals surface area contributed by atoms with Crippen LogP contribution >= 0.6 is 0 Å². The van der Waals surface area contributed by atoms with Crippen LogP contribution in [0.4, 0.5) is 5.69 Å². The van der Waals surface area contributed by atoms with Crippen molar-refractivity contribution in [1.29, 1.82) is 0 Å². The van der Waals surface area contributed by atoms with Gasteiger partial charge in [-0.25, -0.2) is 0 Å². The van der Waals surface area contributed by atoms with Gasteiger partial charge < -0.3 is 14.4 Å². The van der Waals surface area contributed by atoms with Crippen molar-refractivity contribution in [2.45, 2.75) is 12.8 Å². The van der Waals surface area contributed by atoms with E-state index in [9.17, 15) is 9.59 Å². The van der Waals surface area contributed by atoms with Crippen molar-refractivity contribution < 1.29 is 19.1 Å². The van der Waals surface area contributed by atoms with E-state index in [1.54, 1.807) is 43.4 Å². The molecule has 5 nitrogen and oxygen atoms in total. The summed E-state index contributed by atoms with van der Waals surface area (Å²) < 4.78 is 10.5. The van der Waals surface area contributed by atoms with Crippen molar-refractivity contribution in [1.82, 2.24) is 0 Å². The second-order valence-corrected chi connectivity index (χ2v) is 5.57. The zero-order valence-corrected chi connectivity index (χ0v) is 15.1. The molecule has 0 heterocycles. The number of allylic oxidation sites excluding steroid dienone is 2. The van der Waals surface area contributed by atoms with Crippen LogP contribution in [-0.2, 0) is 4.79 Å². The fraction of sp³-hybridized carbons (Fsp3) is 0.238. The number of benzene rings is 2. The van der Waals surface area contributed by atoms with Crippen LogP contribution in [0.2, 0.25) is 0 Å². The molecule has 2 rings (SSSR count). The number of methoxy groups -OCH3 is 2. The van der Waals surface area contributed by atoms with Gasteiger partial charge in [-0.3, -0.25) is 9.59 Å². The van der Waals surface area contributed by atoms with E-state index in [0.29, 0.717) is 23.6 Å². The zero-order chi connectivity index (χ0) is 18.8. The standard InChI is InChI=1S/C21H23NO4/c1-25-19-13-12-17(16-20(19)26-2)21(24)22(14-8-3-4-9-15-23)18-10-6-5-7-11-18/h4-7,9-13,15-16H,3,8,14H2,1-2H3/b9-4+. The van der Waals surface area contributed by atoms with Crippen LogP contribution in [0.3, 0.4) is 0 Å². The van der Waals surface area contributed by atoms with Gasteiger partial charge in [0.05, 0.1) is 14.2 Å². The Labute approximate surface area is 153 Å². The molecular formula is C21H23NO4. The van der Waals surface area contributed by atoms with Gasteiger partial charge in [-0.15, -0.1) is 0 Å². The van der Waals surface area contributed by atoms with Crippen LogP contribution in [0.5, 0.6) is 11.5 Å². The average molecular weight is 353 g/mol. The van der Waals surface area contributed by atoms with E-state index in [1.165, 1.54) is 6.08 Å². The van der Waals surface area contributed by atoms with Crippen LogP contribution in [0.25, 0.3) is 0 Å². The lowest BCUT2D eigenvalue weighted by Gasteiger charge is -2.23. The molecule has 136 valence electrons. The molecular weight excluding hydrogens is 330 g/mol. The minimum Gasteiger partial charge on any atom is -0.493 e. The molecule has 0 atom stereocenters. The fourth-order valence-corrected chi connectivity index (χ4v) is 2.60. The highest BCUT2D eigenvalue weighted by atomic mass is 16.5. The molecule has 0 saturated carbocycles. The van der Waals surface area contributed by atoms with E-state index in [4.69, 9.17) is 9.47 Å². The molecule has 1 amide bonds. The van der Waals surface area contributed by atoms with Crippen LogP contribution in [0.1, 0.15) is 23.2 Å². The minimum atomic E-state index is -0.114. The number of unbranched alkanes of at least 4 members (excludes halogenated alkanes) is 1. The molecule has 0 aliphatic heterocycles. The summed E-state index contributed by atoms with van der Waals surface area (Å²) in [6, 6.07) is 14.7. The van der Waals surface area contributed by atoms with Gasteiger partial charge in [0.25, 0.3) is 5.91 Å². The van der Waals surface area contributed by atoms with Crippen LogP contribution in [0, 0.1) is 0 Å². The maximum atomic E-state index is 13.1. The van der Waals surface area contributed by atoms with Crippen LogP contribution in [0.15, 0.2) is 60.7 Å². The quantitative estimate of drug-likeness (QED) is 0.390. The summed E-state index contributed by atoms with van der Waals surface area (Å²) in [7, 11) is 3.10. The number of hydrogen-bond donors (Lipinski definition) is 0. The number of nitrogens with zero attached hydrogens (tertiary/aromatic N) is 1. The highest BCUT2D eigenvalue weighted by Crippen LogP contribution is 2.29. The SMILES string of the molecule is COc1ccc(C(=O)N(CCC/C=C/C=O)c2ccccc2)cc1OC. The number of hydrogen-bond acceptors (Lipinski definition) is 4. The number of rotatable bonds is 9. The molecule has 0 N–H and O–H groups in total. The van der Waals surface area contributed by atoms with E-state index in [1.807, 2.05) is 30.3 Å². The number of aldehydes is 1. The van der Waals surface area contributed by atoms with E-state index >= 15 is 0 Å². The van der Waals surface area contributed by atoms with Gasteiger partial charge in [-0.2, -0.15) is 0 Å². The first-order chi connectivity index (χ1) is 12.7. The molecule has 0 spiro atoms. The molecule has 0 aromatic heterocycles. The Kier molecular flexibility index (Phi) is 7.43. The number of carbonyl (C=O) groups is 2. The summed E-state index contributed by atoms with van der Waals surface area (Å²) in [5.41, 5.74) is 1.35. The van der Waals surface area contributed by atoms with Crippen molar-refractivity contribution in [3.63, 3.8) is 0 Å². The smallest absolute Gasteiger partial charge is 0.258 e. The first-order valence-electron chi connectivity index (χ1n) is 8.40. The number of para-hydroxylation sites is 1. The van der Waals surface area contributed by atoms with Gasteiger partial charge >= 0.3 is 0 Å². The first-order valence-corrected chi connectivity index (χ1v) is 8.40. The first kappa shape index (κ1) is 19.2. The van der Waals surface area contributed by atoms with Gasteiger partial charge in [0.1, 0.15) is 6.29 Å². The molecule has 26 heavy (non-hydrogen) atoms. The second kappa shape index (κ2) is 10.0. The fourth-order valence-electron chi connectivity index (χ4n) is 2.60. The molecule has 2 aromatic carbocycles. The molecule has 0 unspecified atom stereocenters. The Hall–Kier alpha value is -3.08. The van der Waals surface area contributed by atoms with E-state index in [0.717, 1.165) is 24.8 Å². The third kappa shape index (κ3) is 4.96. The second-order valence-electron chi connectivity index (χ2n) is 5.57. The van der Waals surface area contributed by atoms with Crippen molar-refractivity contribution in [2.24, 2.45) is 0 Å². The Morgan fingerprint density at radius 2 is 1.77 bits per heavy atom. The van der Waals surface area contributed by atoms with Gasteiger partial charge in [0.15, 0.2) is 11.5 Å². The maximum Gasteiger partial charge on any atom is 0.258 e. The van der Waals surface area contributed by atoms with E-state index in [-0.39, 0.29) is 5.91 Å². The summed E-state index contributed by atoms with van der Waals surface area (Å²) in [4.78, 5) is 25.2. The molecule has 2 aromatic rings. The molecule has 0 aliphatic rings. The predicted molar refractivity (Wildman–Crippen MR) is 102 cm³/mol. The van der Waals surface area contributed by atoms with Crippen molar-refractivity contribution in [3.05, 3.63) is 66.2 Å². The molecule has 0 bridgehead atoms. The van der Waals surface area contributed by atoms with Gasteiger partial charge in [-0.05, 0) is 49.2 Å². The van der Waals surface area contributed by atoms with Crippen molar-refractivity contribution >= 4 is 17.9 Å². The topological polar surface area (TPSA) is 55.8 Å². The van der Waals surface area contributed by atoms with Crippen LogP contribution < -0.4 is 14.4 Å². The predicted octanol–water partition coefficient (Wildman–Crippen LogP) is 3.89. The Bertz CT molecular complexity index is 756. The summed E-state index contributed by atoms with van der Waals surface area (Å²) in [5.74, 6) is 0.978. The number of ether oxygens (including phenoxy) is 2. The minimum absolute atomic E-state index is 0.114. The largest absolute Gasteiger partial charge is 0.493 e. The lowest BCUT2D eigenvalue weighted by atomic mass is 10.1. The Morgan fingerprint density at radius 1 is 1.04 bits per heavy atom. The van der Waals surface area contributed by atoms with Crippen LogP contribution in [-0.4, -0.2) is 33.0 Å². The van der Waals surface area contributed by atoms with E-state index < -0.39 is 0 Å². The zero-order valence-electron chi connectivity index (χ0n) is 15.1. The maximum absolute atomic E-state index is 13.1. The average Bonchev–Trinajstić information content (AvgIpc) is 2.70. The third-order valence-electron chi connectivity index (χ3n) is 3.91.